The molecule has 0 spiro atoms. The van der Waals surface area contributed by atoms with Gasteiger partial charge in [-0.05, 0) is 43.5 Å². The second-order valence-corrected chi connectivity index (χ2v) is 5.88. The van der Waals surface area contributed by atoms with Gasteiger partial charge in [0, 0.05) is 9.90 Å². The molecule has 0 saturated carbocycles. The second kappa shape index (κ2) is 6.77. The van der Waals surface area contributed by atoms with E-state index in [-0.39, 0.29) is 11.9 Å². The number of thiophene rings is 1. The summed E-state index contributed by atoms with van der Waals surface area (Å²) in [6, 6.07) is 11.0. The molecule has 1 aromatic carbocycles. The van der Waals surface area contributed by atoms with Crippen molar-refractivity contribution in [2.75, 3.05) is 0 Å². The molecule has 3 nitrogen and oxygen atoms in total. The highest BCUT2D eigenvalue weighted by atomic mass is 35.5. The molecular formula is C15H16ClNO2S. The molecule has 0 aliphatic rings. The Kier molecular flexibility index (Phi) is 5.04. The summed E-state index contributed by atoms with van der Waals surface area (Å²) in [4.78, 5) is 13.2. The monoisotopic (exact) mass is 309 g/mol. The number of hydrogen-bond acceptors (Lipinski definition) is 3. The first-order valence-electron chi connectivity index (χ1n) is 6.32. The molecule has 5 heteroatoms. The van der Waals surface area contributed by atoms with Gasteiger partial charge < -0.3 is 10.1 Å². The van der Waals surface area contributed by atoms with Crippen molar-refractivity contribution in [1.29, 1.82) is 0 Å². The Morgan fingerprint density at radius 1 is 1.30 bits per heavy atom. The van der Waals surface area contributed by atoms with E-state index in [1.165, 1.54) is 0 Å². The lowest BCUT2D eigenvalue weighted by atomic mass is 10.2. The first-order chi connectivity index (χ1) is 9.56. The third-order valence-electron chi connectivity index (χ3n) is 2.81. The predicted octanol–water partition coefficient (Wildman–Crippen LogP) is 4.05. The fourth-order valence-corrected chi connectivity index (χ4v) is 2.65. The van der Waals surface area contributed by atoms with Crippen LogP contribution >= 0.6 is 22.9 Å². The number of benzene rings is 1. The highest BCUT2D eigenvalue weighted by Gasteiger charge is 2.18. The molecule has 20 heavy (non-hydrogen) atoms. The molecule has 106 valence electrons. The van der Waals surface area contributed by atoms with Crippen molar-refractivity contribution in [2.24, 2.45) is 0 Å². The Labute approximate surface area is 127 Å². The summed E-state index contributed by atoms with van der Waals surface area (Å²) in [6.45, 7) is 3.67. The van der Waals surface area contributed by atoms with E-state index in [1.54, 1.807) is 42.5 Å². The summed E-state index contributed by atoms with van der Waals surface area (Å²) in [5.74, 6) is 0.440. The number of halogens is 1. The maximum absolute atomic E-state index is 12.1. The first-order valence-corrected chi connectivity index (χ1v) is 7.58. The fraction of sp³-hybridized carbons (Fsp3) is 0.267. The van der Waals surface area contributed by atoms with Gasteiger partial charge in [0.1, 0.15) is 5.75 Å². The Hall–Kier alpha value is -1.52. The van der Waals surface area contributed by atoms with Crippen LogP contribution in [-0.2, 0) is 4.79 Å². The van der Waals surface area contributed by atoms with Gasteiger partial charge in [0.25, 0.3) is 5.91 Å². The normalized spacial score (nSPS) is 13.6. The first kappa shape index (κ1) is 14.9. The number of hydrogen-bond donors (Lipinski definition) is 1. The molecule has 1 N–H and O–H groups in total. The lowest BCUT2D eigenvalue weighted by Crippen LogP contribution is -2.37. The van der Waals surface area contributed by atoms with Crippen LogP contribution in [0, 0.1) is 0 Å². The van der Waals surface area contributed by atoms with Gasteiger partial charge in [0.2, 0.25) is 0 Å². The second-order valence-electron chi connectivity index (χ2n) is 4.46. The molecule has 0 aliphatic heterocycles. The minimum Gasteiger partial charge on any atom is -0.481 e. The van der Waals surface area contributed by atoms with Crippen molar-refractivity contribution >= 4 is 28.8 Å². The predicted molar refractivity (Wildman–Crippen MR) is 82.4 cm³/mol. The standard InChI is InChI=1S/C15H16ClNO2S/c1-10(14-7-4-8-20-14)17-15(18)11(2)19-13-6-3-5-12(16)9-13/h3-11H,1-2H3,(H,17,18). The summed E-state index contributed by atoms with van der Waals surface area (Å²) < 4.78 is 5.58. The van der Waals surface area contributed by atoms with Crippen LogP contribution < -0.4 is 10.1 Å². The van der Waals surface area contributed by atoms with Gasteiger partial charge in [-0.1, -0.05) is 23.7 Å². The van der Waals surface area contributed by atoms with E-state index >= 15 is 0 Å². The quantitative estimate of drug-likeness (QED) is 0.905. The van der Waals surface area contributed by atoms with Crippen LogP contribution in [0.25, 0.3) is 0 Å². The Balaban J connectivity index is 1.92. The van der Waals surface area contributed by atoms with Crippen molar-refractivity contribution in [3.8, 4) is 5.75 Å². The van der Waals surface area contributed by atoms with Gasteiger partial charge >= 0.3 is 0 Å². The van der Waals surface area contributed by atoms with Crippen LogP contribution in [0.4, 0.5) is 0 Å². The van der Waals surface area contributed by atoms with Gasteiger partial charge in [0.05, 0.1) is 6.04 Å². The van der Waals surface area contributed by atoms with Gasteiger partial charge in [0.15, 0.2) is 6.10 Å². The maximum atomic E-state index is 12.1. The Morgan fingerprint density at radius 3 is 2.75 bits per heavy atom. The number of nitrogens with one attached hydrogen (secondary N) is 1. The molecule has 1 aromatic heterocycles. The summed E-state index contributed by atoms with van der Waals surface area (Å²) in [6.07, 6.45) is -0.573. The summed E-state index contributed by atoms with van der Waals surface area (Å²) in [7, 11) is 0. The van der Waals surface area contributed by atoms with Gasteiger partial charge in [-0.25, -0.2) is 0 Å². The number of ether oxygens (including phenoxy) is 1. The molecule has 2 atom stereocenters. The van der Waals surface area contributed by atoms with E-state index in [1.807, 2.05) is 24.4 Å². The van der Waals surface area contributed by atoms with Crippen molar-refractivity contribution in [3.05, 3.63) is 51.7 Å². The minimum absolute atomic E-state index is 0.0205. The van der Waals surface area contributed by atoms with E-state index in [2.05, 4.69) is 5.32 Å². The third-order valence-corrected chi connectivity index (χ3v) is 4.10. The van der Waals surface area contributed by atoms with Crippen LogP contribution in [0.2, 0.25) is 5.02 Å². The number of amides is 1. The highest BCUT2D eigenvalue weighted by Crippen LogP contribution is 2.20. The Bertz CT molecular complexity index is 571. The third kappa shape index (κ3) is 3.99. The highest BCUT2D eigenvalue weighted by molar-refractivity contribution is 7.10. The molecule has 1 amide bonds. The topological polar surface area (TPSA) is 38.3 Å². The lowest BCUT2D eigenvalue weighted by Gasteiger charge is -2.18. The van der Waals surface area contributed by atoms with E-state index < -0.39 is 6.10 Å². The van der Waals surface area contributed by atoms with Crippen LogP contribution in [0.5, 0.6) is 5.75 Å². The summed E-state index contributed by atoms with van der Waals surface area (Å²) >= 11 is 7.50. The molecule has 0 aliphatic carbocycles. The molecule has 0 saturated heterocycles. The molecule has 2 rings (SSSR count). The SMILES string of the molecule is CC(Oc1cccc(Cl)c1)C(=O)NC(C)c1cccs1. The van der Waals surface area contributed by atoms with E-state index in [9.17, 15) is 4.79 Å². The fourth-order valence-electron chi connectivity index (χ4n) is 1.74. The molecule has 2 aromatic rings. The summed E-state index contributed by atoms with van der Waals surface area (Å²) in [5.41, 5.74) is 0. The molecule has 0 fully saturated rings. The summed E-state index contributed by atoms with van der Waals surface area (Å²) in [5, 5.41) is 5.51. The van der Waals surface area contributed by atoms with Crippen LogP contribution in [0.1, 0.15) is 24.8 Å². The van der Waals surface area contributed by atoms with Crippen molar-refractivity contribution < 1.29 is 9.53 Å². The average Bonchev–Trinajstić information content (AvgIpc) is 2.92. The smallest absolute Gasteiger partial charge is 0.261 e. The number of rotatable bonds is 5. The average molecular weight is 310 g/mol. The molecule has 0 radical (unpaired) electrons. The molecule has 2 unspecified atom stereocenters. The zero-order valence-electron chi connectivity index (χ0n) is 11.3. The van der Waals surface area contributed by atoms with E-state index in [0.29, 0.717) is 10.8 Å². The van der Waals surface area contributed by atoms with Crippen LogP contribution in [0.15, 0.2) is 41.8 Å². The Morgan fingerprint density at radius 2 is 2.10 bits per heavy atom. The van der Waals surface area contributed by atoms with Crippen molar-refractivity contribution in [2.45, 2.75) is 26.0 Å². The van der Waals surface area contributed by atoms with E-state index in [4.69, 9.17) is 16.3 Å². The largest absolute Gasteiger partial charge is 0.481 e. The molecule has 1 heterocycles. The van der Waals surface area contributed by atoms with Gasteiger partial charge in [-0.2, -0.15) is 0 Å². The van der Waals surface area contributed by atoms with Gasteiger partial charge in [-0.3, -0.25) is 4.79 Å². The zero-order chi connectivity index (χ0) is 14.5. The van der Waals surface area contributed by atoms with Crippen molar-refractivity contribution in [3.63, 3.8) is 0 Å². The van der Waals surface area contributed by atoms with Crippen molar-refractivity contribution in [1.82, 2.24) is 5.32 Å². The van der Waals surface area contributed by atoms with Crippen LogP contribution in [0.3, 0.4) is 0 Å². The minimum atomic E-state index is -0.573. The number of carbonyl (C=O) groups excluding carboxylic acids is 1. The van der Waals surface area contributed by atoms with Gasteiger partial charge in [-0.15, -0.1) is 11.3 Å². The van der Waals surface area contributed by atoms with Crippen LogP contribution in [-0.4, -0.2) is 12.0 Å². The lowest BCUT2D eigenvalue weighted by molar-refractivity contribution is -0.127. The van der Waals surface area contributed by atoms with E-state index in [0.717, 1.165) is 4.88 Å². The number of carbonyl (C=O) groups is 1. The molecular weight excluding hydrogens is 294 g/mol. The zero-order valence-corrected chi connectivity index (χ0v) is 12.9. The molecule has 0 bridgehead atoms. The maximum Gasteiger partial charge on any atom is 0.261 e.